The van der Waals surface area contributed by atoms with Gasteiger partial charge in [0.15, 0.2) is 11.5 Å². The van der Waals surface area contributed by atoms with Crippen molar-refractivity contribution in [2.45, 2.75) is 19.9 Å². The summed E-state index contributed by atoms with van der Waals surface area (Å²) in [6.45, 7) is 5.56. The molecule has 1 heterocycles. The summed E-state index contributed by atoms with van der Waals surface area (Å²) in [5.74, 6) is 1.43. The number of carbonyl (C=O) groups excluding carboxylic acids is 1. The fraction of sp³-hybridized carbons (Fsp3) is 0.500. The molecule has 2 unspecified atom stereocenters. The third kappa shape index (κ3) is 3.17. The fourth-order valence-electron chi connectivity index (χ4n) is 1.82. The molecular weight excluding hydrogens is 244 g/mol. The van der Waals surface area contributed by atoms with Crippen LogP contribution in [0.15, 0.2) is 18.2 Å². The lowest BCUT2D eigenvalue weighted by Crippen LogP contribution is -2.39. The van der Waals surface area contributed by atoms with Gasteiger partial charge in [-0.15, -0.1) is 0 Å². The zero-order valence-corrected chi connectivity index (χ0v) is 11.3. The van der Waals surface area contributed by atoms with E-state index in [1.54, 1.807) is 18.2 Å². The Morgan fingerprint density at radius 3 is 2.68 bits per heavy atom. The van der Waals surface area contributed by atoms with Crippen molar-refractivity contribution >= 4 is 5.91 Å². The van der Waals surface area contributed by atoms with Gasteiger partial charge in [0, 0.05) is 11.6 Å². The number of fused-ring (bicyclic) bond motifs is 1. The molecule has 3 N–H and O–H groups in total. The van der Waals surface area contributed by atoms with Gasteiger partial charge in [0.05, 0.1) is 0 Å². The fourth-order valence-corrected chi connectivity index (χ4v) is 1.82. The Bertz CT molecular complexity index is 462. The summed E-state index contributed by atoms with van der Waals surface area (Å²) in [6, 6.07) is 5.25. The summed E-state index contributed by atoms with van der Waals surface area (Å²) in [5, 5.41) is 2.94. The van der Waals surface area contributed by atoms with Gasteiger partial charge in [-0.25, -0.2) is 0 Å². The van der Waals surface area contributed by atoms with E-state index >= 15 is 0 Å². The van der Waals surface area contributed by atoms with Gasteiger partial charge >= 0.3 is 0 Å². The van der Waals surface area contributed by atoms with Gasteiger partial charge < -0.3 is 20.5 Å². The number of nitrogens with two attached hydrogens (primary N) is 1. The summed E-state index contributed by atoms with van der Waals surface area (Å²) in [4.78, 5) is 12.1. The maximum Gasteiger partial charge on any atom is 0.251 e. The molecule has 5 heteroatoms. The molecule has 19 heavy (non-hydrogen) atoms. The van der Waals surface area contributed by atoms with Crippen LogP contribution in [-0.4, -0.2) is 31.7 Å². The third-order valence-electron chi connectivity index (χ3n) is 3.39. The number of ether oxygens (including phenoxy) is 2. The number of rotatable bonds is 4. The van der Waals surface area contributed by atoms with E-state index in [-0.39, 0.29) is 17.9 Å². The molecule has 0 aromatic heterocycles. The van der Waals surface area contributed by atoms with Crippen LogP contribution < -0.4 is 20.5 Å². The Balaban J connectivity index is 2.07. The van der Waals surface area contributed by atoms with Crippen LogP contribution in [0.4, 0.5) is 0 Å². The minimum atomic E-state index is -0.121. The molecule has 0 saturated carbocycles. The van der Waals surface area contributed by atoms with Crippen molar-refractivity contribution < 1.29 is 14.3 Å². The average Bonchev–Trinajstić information content (AvgIpc) is 2.45. The molecule has 1 amide bonds. The molecule has 1 aromatic rings. The highest BCUT2D eigenvalue weighted by atomic mass is 16.6. The molecule has 1 aromatic carbocycles. The molecule has 2 rings (SSSR count). The van der Waals surface area contributed by atoms with Crippen LogP contribution in [0.5, 0.6) is 11.5 Å². The van der Waals surface area contributed by atoms with Crippen LogP contribution >= 0.6 is 0 Å². The van der Waals surface area contributed by atoms with Crippen LogP contribution in [0.2, 0.25) is 0 Å². The molecular formula is C14H20N2O3. The van der Waals surface area contributed by atoms with Crippen LogP contribution in [-0.2, 0) is 0 Å². The van der Waals surface area contributed by atoms with E-state index in [2.05, 4.69) is 5.32 Å². The summed E-state index contributed by atoms with van der Waals surface area (Å²) >= 11 is 0. The van der Waals surface area contributed by atoms with Crippen molar-refractivity contribution in [2.24, 2.45) is 11.7 Å². The van der Waals surface area contributed by atoms with Crippen LogP contribution in [0, 0.1) is 5.92 Å². The number of hydrogen-bond acceptors (Lipinski definition) is 4. The van der Waals surface area contributed by atoms with E-state index in [0.717, 1.165) is 0 Å². The quantitative estimate of drug-likeness (QED) is 0.856. The number of hydrogen-bond donors (Lipinski definition) is 2. The van der Waals surface area contributed by atoms with Crippen molar-refractivity contribution in [3.05, 3.63) is 23.8 Å². The van der Waals surface area contributed by atoms with Gasteiger partial charge in [0.25, 0.3) is 5.91 Å². The van der Waals surface area contributed by atoms with Crippen molar-refractivity contribution in [3.63, 3.8) is 0 Å². The second-order valence-corrected chi connectivity index (χ2v) is 4.83. The maximum atomic E-state index is 12.1. The van der Waals surface area contributed by atoms with Crippen molar-refractivity contribution in [2.75, 3.05) is 19.8 Å². The van der Waals surface area contributed by atoms with Crippen molar-refractivity contribution in [1.29, 1.82) is 0 Å². The van der Waals surface area contributed by atoms with Gasteiger partial charge in [0.1, 0.15) is 13.2 Å². The second-order valence-electron chi connectivity index (χ2n) is 4.83. The van der Waals surface area contributed by atoms with Gasteiger partial charge in [-0.1, -0.05) is 6.92 Å². The van der Waals surface area contributed by atoms with Gasteiger partial charge in [-0.3, -0.25) is 4.79 Å². The summed E-state index contributed by atoms with van der Waals surface area (Å²) < 4.78 is 10.9. The summed E-state index contributed by atoms with van der Waals surface area (Å²) in [5.41, 5.74) is 6.16. The van der Waals surface area contributed by atoms with E-state index < -0.39 is 0 Å². The molecule has 0 radical (unpaired) electrons. The van der Waals surface area contributed by atoms with Gasteiger partial charge in [-0.05, 0) is 37.6 Å². The molecule has 1 aliphatic rings. The van der Waals surface area contributed by atoms with E-state index in [0.29, 0.717) is 36.8 Å². The third-order valence-corrected chi connectivity index (χ3v) is 3.39. The Morgan fingerprint density at radius 2 is 2.00 bits per heavy atom. The first-order valence-electron chi connectivity index (χ1n) is 6.52. The minimum Gasteiger partial charge on any atom is -0.486 e. The largest absolute Gasteiger partial charge is 0.486 e. The zero-order valence-electron chi connectivity index (χ0n) is 11.3. The van der Waals surface area contributed by atoms with Crippen LogP contribution in [0.25, 0.3) is 0 Å². The van der Waals surface area contributed by atoms with Gasteiger partial charge in [0.2, 0.25) is 0 Å². The molecule has 0 fully saturated rings. The zero-order chi connectivity index (χ0) is 13.8. The van der Waals surface area contributed by atoms with E-state index in [1.165, 1.54) is 0 Å². The second kappa shape index (κ2) is 5.93. The SMILES string of the molecule is CC(CN)C(C)NC(=O)c1ccc2c(c1)OCCO2. The smallest absolute Gasteiger partial charge is 0.251 e. The normalized spacial score (nSPS) is 16.6. The Kier molecular flexibility index (Phi) is 4.27. The summed E-state index contributed by atoms with van der Waals surface area (Å²) in [7, 11) is 0. The number of benzene rings is 1. The van der Waals surface area contributed by atoms with Crippen molar-refractivity contribution in [3.8, 4) is 11.5 Å². The van der Waals surface area contributed by atoms with E-state index in [1.807, 2.05) is 13.8 Å². The summed E-state index contributed by atoms with van der Waals surface area (Å²) in [6.07, 6.45) is 0. The van der Waals surface area contributed by atoms with Gasteiger partial charge in [-0.2, -0.15) is 0 Å². The monoisotopic (exact) mass is 264 g/mol. The lowest BCUT2D eigenvalue weighted by atomic mass is 10.0. The van der Waals surface area contributed by atoms with Crippen LogP contribution in [0.3, 0.4) is 0 Å². The van der Waals surface area contributed by atoms with E-state index in [4.69, 9.17) is 15.2 Å². The minimum absolute atomic E-state index is 0.0331. The molecule has 1 aliphatic heterocycles. The van der Waals surface area contributed by atoms with E-state index in [9.17, 15) is 4.79 Å². The highest BCUT2D eigenvalue weighted by Gasteiger charge is 2.17. The molecule has 0 bridgehead atoms. The number of carbonyl (C=O) groups is 1. The lowest BCUT2D eigenvalue weighted by molar-refractivity contribution is 0.0928. The molecule has 104 valence electrons. The van der Waals surface area contributed by atoms with Crippen molar-refractivity contribution in [1.82, 2.24) is 5.32 Å². The molecule has 0 saturated heterocycles. The number of nitrogens with one attached hydrogen (secondary N) is 1. The predicted molar refractivity (Wildman–Crippen MR) is 72.6 cm³/mol. The lowest BCUT2D eigenvalue weighted by Gasteiger charge is -2.21. The van der Waals surface area contributed by atoms with Crippen LogP contribution in [0.1, 0.15) is 24.2 Å². The number of amides is 1. The maximum absolute atomic E-state index is 12.1. The average molecular weight is 264 g/mol. The Hall–Kier alpha value is -1.75. The Morgan fingerprint density at radius 1 is 1.32 bits per heavy atom. The highest BCUT2D eigenvalue weighted by molar-refractivity contribution is 5.95. The first kappa shape index (κ1) is 13.7. The first-order valence-corrected chi connectivity index (χ1v) is 6.52. The first-order chi connectivity index (χ1) is 9.11. The molecule has 5 nitrogen and oxygen atoms in total. The highest BCUT2D eigenvalue weighted by Crippen LogP contribution is 2.30. The molecule has 2 atom stereocenters. The molecule has 0 aliphatic carbocycles. The predicted octanol–water partition coefficient (Wildman–Crippen LogP) is 1.17. The topological polar surface area (TPSA) is 73.6 Å². The standard InChI is InChI=1S/C14H20N2O3/c1-9(8-15)10(2)16-14(17)11-3-4-12-13(7-11)19-6-5-18-12/h3-4,7,9-10H,5-6,8,15H2,1-2H3,(H,16,17). The Labute approximate surface area is 113 Å². The molecule has 0 spiro atoms.